The first-order valence-corrected chi connectivity index (χ1v) is 8.48. The normalized spacial score (nSPS) is 11.8. The van der Waals surface area contributed by atoms with E-state index in [-0.39, 0.29) is 5.41 Å². The molecule has 0 N–H and O–H groups in total. The minimum Gasteiger partial charge on any atom is -0.486 e. The minimum atomic E-state index is 0.214. The summed E-state index contributed by atoms with van der Waals surface area (Å²) in [6.07, 6.45) is 1.12. The van der Waals surface area contributed by atoms with Crippen molar-refractivity contribution in [3.8, 4) is 5.75 Å². The fourth-order valence-electron chi connectivity index (χ4n) is 2.33. The first-order chi connectivity index (χ1) is 10.6. The van der Waals surface area contributed by atoms with Gasteiger partial charge in [0.2, 0.25) is 0 Å². The van der Waals surface area contributed by atoms with Gasteiger partial charge in [-0.3, -0.25) is 0 Å². The highest BCUT2D eigenvalue weighted by Crippen LogP contribution is 2.28. The number of thiazole rings is 1. The molecule has 1 heterocycles. The summed E-state index contributed by atoms with van der Waals surface area (Å²) in [6, 6.07) is 16.6. The van der Waals surface area contributed by atoms with E-state index in [4.69, 9.17) is 4.74 Å². The Labute approximate surface area is 135 Å². The predicted octanol–water partition coefficient (Wildman–Crippen LogP) is 5.56. The van der Waals surface area contributed by atoms with Gasteiger partial charge < -0.3 is 4.74 Å². The number of rotatable bonds is 5. The molecule has 0 saturated heterocycles. The fraction of sp³-hybridized carbons (Fsp3) is 0.316. The Morgan fingerprint density at radius 2 is 1.77 bits per heavy atom. The molecule has 3 heteroatoms. The van der Waals surface area contributed by atoms with Crippen LogP contribution in [-0.2, 0) is 12.0 Å². The molecule has 0 aliphatic rings. The van der Waals surface area contributed by atoms with Crippen LogP contribution >= 0.6 is 11.3 Å². The lowest BCUT2D eigenvalue weighted by Crippen LogP contribution is -2.15. The Kier molecular flexibility index (Phi) is 4.16. The summed E-state index contributed by atoms with van der Waals surface area (Å²) in [7, 11) is 0. The lowest BCUT2D eigenvalue weighted by atomic mass is 9.82. The van der Waals surface area contributed by atoms with Gasteiger partial charge in [-0.2, -0.15) is 0 Å². The van der Waals surface area contributed by atoms with E-state index in [2.05, 4.69) is 56.1 Å². The van der Waals surface area contributed by atoms with E-state index in [1.807, 2.05) is 18.2 Å². The van der Waals surface area contributed by atoms with Crippen LogP contribution < -0.4 is 4.74 Å². The highest BCUT2D eigenvalue weighted by atomic mass is 32.1. The Bertz CT molecular complexity index is 725. The zero-order valence-electron chi connectivity index (χ0n) is 13.3. The van der Waals surface area contributed by atoms with E-state index in [0.717, 1.165) is 22.7 Å². The van der Waals surface area contributed by atoms with Gasteiger partial charge in [0.25, 0.3) is 0 Å². The molecular weight excluding hydrogens is 290 g/mol. The molecule has 2 aromatic carbocycles. The van der Waals surface area contributed by atoms with Crippen molar-refractivity contribution in [2.24, 2.45) is 0 Å². The average molecular weight is 311 g/mol. The number of para-hydroxylation sites is 1. The highest BCUT2D eigenvalue weighted by Gasteiger charge is 2.17. The maximum atomic E-state index is 5.87. The van der Waals surface area contributed by atoms with Crippen LogP contribution in [0.1, 0.15) is 37.8 Å². The van der Waals surface area contributed by atoms with Crippen LogP contribution in [0, 0.1) is 0 Å². The molecule has 114 valence electrons. The van der Waals surface area contributed by atoms with Crippen LogP contribution in [0.25, 0.3) is 10.2 Å². The van der Waals surface area contributed by atoms with E-state index in [1.54, 1.807) is 11.3 Å². The van der Waals surface area contributed by atoms with Crippen LogP contribution in [0.5, 0.6) is 5.75 Å². The lowest BCUT2D eigenvalue weighted by molar-refractivity contribution is 0.305. The molecule has 0 spiro atoms. The number of hydrogen-bond donors (Lipinski definition) is 0. The van der Waals surface area contributed by atoms with E-state index >= 15 is 0 Å². The van der Waals surface area contributed by atoms with Crippen molar-refractivity contribution >= 4 is 21.6 Å². The number of benzene rings is 2. The molecule has 2 nitrogen and oxygen atoms in total. The molecule has 0 saturated carbocycles. The van der Waals surface area contributed by atoms with Crippen molar-refractivity contribution in [1.29, 1.82) is 0 Å². The molecule has 22 heavy (non-hydrogen) atoms. The van der Waals surface area contributed by atoms with Gasteiger partial charge in [-0.05, 0) is 41.7 Å². The average Bonchev–Trinajstić information content (AvgIpc) is 2.96. The van der Waals surface area contributed by atoms with Gasteiger partial charge in [0.15, 0.2) is 0 Å². The van der Waals surface area contributed by atoms with Crippen molar-refractivity contribution in [2.75, 3.05) is 0 Å². The first-order valence-electron chi connectivity index (χ1n) is 7.66. The molecular formula is C19H21NOS. The molecule has 0 amide bonds. The monoisotopic (exact) mass is 311 g/mol. The molecule has 3 aromatic rings. The Balaban J connectivity index is 1.68. The molecule has 0 radical (unpaired) electrons. The fourth-order valence-corrected chi connectivity index (χ4v) is 3.21. The van der Waals surface area contributed by atoms with E-state index in [1.165, 1.54) is 10.3 Å². The van der Waals surface area contributed by atoms with E-state index in [0.29, 0.717) is 6.61 Å². The number of hydrogen-bond acceptors (Lipinski definition) is 3. The number of aromatic nitrogens is 1. The van der Waals surface area contributed by atoms with Crippen molar-refractivity contribution in [2.45, 2.75) is 39.2 Å². The summed E-state index contributed by atoms with van der Waals surface area (Å²) in [5, 5.41) is 1.01. The highest BCUT2D eigenvalue weighted by molar-refractivity contribution is 7.18. The van der Waals surface area contributed by atoms with Gasteiger partial charge in [-0.1, -0.05) is 45.0 Å². The number of fused-ring (bicyclic) bond motifs is 1. The Hall–Kier alpha value is -1.87. The number of nitrogens with zero attached hydrogens (tertiary/aromatic N) is 1. The van der Waals surface area contributed by atoms with Gasteiger partial charge in [-0.25, -0.2) is 4.98 Å². The third-order valence-electron chi connectivity index (χ3n) is 4.22. The summed E-state index contributed by atoms with van der Waals surface area (Å²) in [5.41, 5.74) is 2.61. The Morgan fingerprint density at radius 1 is 1.05 bits per heavy atom. The van der Waals surface area contributed by atoms with Gasteiger partial charge in [0.05, 0.1) is 10.2 Å². The summed E-state index contributed by atoms with van der Waals surface area (Å²) in [5.74, 6) is 0.898. The third kappa shape index (κ3) is 3.14. The van der Waals surface area contributed by atoms with Crippen LogP contribution in [0.15, 0.2) is 48.5 Å². The molecule has 1 aromatic heterocycles. The molecule has 0 bridgehead atoms. The van der Waals surface area contributed by atoms with Crippen LogP contribution in [-0.4, -0.2) is 4.98 Å². The van der Waals surface area contributed by atoms with Crippen molar-refractivity contribution in [3.05, 3.63) is 59.1 Å². The molecule has 3 rings (SSSR count). The SMILES string of the molecule is CCC(C)(C)c1ccc(OCc2nc3ccccc3s2)cc1. The van der Waals surface area contributed by atoms with E-state index in [9.17, 15) is 0 Å². The smallest absolute Gasteiger partial charge is 0.140 e. The molecule has 0 atom stereocenters. The second-order valence-electron chi connectivity index (χ2n) is 6.13. The van der Waals surface area contributed by atoms with Gasteiger partial charge >= 0.3 is 0 Å². The Morgan fingerprint density at radius 3 is 2.45 bits per heavy atom. The molecule has 0 unspecified atom stereocenters. The number of ether oxygens (including phenoxy) is 1. The van der Waals surface area contributed by atoms with Crippen molar-refractivity contribution < 1.29 is 4.74 Å². The summed E-state index contributed by atoms with van der Waals surface area (Å²) < 4.78 is 7.08. The molecule has 0 fully saturated rings. The van der Waals surface area contributed by atoms with Crippen LogP contribution in [0.3, 0.4) is 0 Å². The van der Waals surface area contributed by atoms with Crippen molar-refractivity contribution in [1.82, 2.24) is 4.98 Å². The maximum Gasteiger partial charge on any atom is 0.140 e. The van der Waals surface area contributed by atoms with Gasteiger partial charge in [-0.15, -0.1) is 11.3 Å². The summed E-state index contributed by atoms with van der Waals surface area (Å²) >= 11 is 1.69. The van der Waals surface area contributed by atoms with Gasteiger partial charge in [0.1, 0.15) is 17.4 Å². The molecule has 0 aliphatic heterocycles. The topological polar surface area (TPSA) is 22.1 Å². The third-order valence-corrected chi connectivity index (χ3v) is 5.23. The first kappa shape index (κ1) is 15.0. The van der Waals surface area contributed by atoms with Crippen LogP contribution in [0.4, 0.5) is 0 Å². The van der Waals surface area contributed by atoms with Gasteiger partial charge in [0, 0.05) is 0 Å². The van der Waals surface area contributed by atoms with Crippen molar-refractivity contribution in [3.63, 3.8) is 0 Å². The zero-order valence-corrected chi connectivity index (χ0v) is 14.1. The lowest BCUT2D eigenvalue weighted by Gasteiger charge is -2.23. The quantitative estimate of drug-likeness (QED) is 0.615. The van der Waals surface area contributed by atoms with E-state index < -0.39 is 0 Å². The predicted molar refractivity (Wildman–Crippen MR) is 93.7 cm³/mol. The largest absolute Gasteiger partial charge is 0.486 e. The standard InChI is InChI=1S/C19H21NOS/c1-4-19(2,3)14-9-11-15(12-10-14)21-13-18-20-16-7-5-6-8-17(16)22-18/h5-12H,4,13H2,1-3H3. The maximum absolute atomic E-state index is 5.87. The zero-order chi connectivity index (χ0) is 15.6. The molecule has 0 aliphatic carbocycles. The second kappa shape index (κ2) is 6.09. The summed E-state index contributed by atoms with van der Waals surface area (Å²) in [6.45, 7) is 7.28. The second-order valence-corrected chi connectivity index (χ2v) is 7.24. The minimum absolute atomic E-state index is 0.214. The summed E-state index contributed by atoms with van der Waals surface area (Å²) in [4.78, 5) is 4.59. The van der Waals surface area contributed by atoms with Crippen LogP contribution in [0.2, 0.25) is 0 Å².